The Balaban J connectivity index is -0.000000405. The molecule has 6 heteroatoms. The minimum atomic E-state index is -3.95. The topological polar surface area (TPSA) is 57.2 Å². The van der Waals surface area contributed by atoms with Gasteiger partial charge in [-0.1, -0.05) is 26.2 Å². The Morgan fingerprint density at radius 1 is 1.17 bits per heavy atom. The summed E-state index contributed by atoms with van der Waals surface area (Å²) in [6.45, 7) is 2.03. The van der Waals surface area contributed by atoms with E-state index in [1.54, 1.807) is 0 Å². The average molecular weight is 225 g/mol. The van der Waals surface area contributed by atoms with Gasteiger partial charge in [0.2, 0.25) is 0 Å². The van der Waals surface area contributed by atoms with Crippen molar-refractivity contribution in [3.8, 4) is 0 Å². The zero-order valence-corrected chi connectivity index (χ0v) is 10.2. The van der Waals surface area contributed by atoms with Gasteiger partial charge in [-0.05, 0) is 6.42 Å². The zero-order chi connectivity index (χ0) is 8.04. The van der Waals surface area contributed by atoms with E-state index >= 15 is 0 Å². The van der Waals surface area contributed by atoms with Gasteiger partial charge in [0, 0.05) is 5.75 Å². The van der Waals surface area contributed by atoms with Crippen LogP contribution < -0.4 is 12.4 Å². The number of rotatable bonds is 5. The molecule has 0 saturated carbocycles. The maximum Gasteiger partial charge on any atom is 2.00 e. The second-order valence-electron chi connectivity index (χ2n) is 2.32. The van der Waals surface area contributed by atoms with Crippen LogP contribution in [0.2, 0.25) is 0 Å². The molecular formula is C6H13ClMgO3S. The van der Waals surface area contributed by atoms with Crippen LogP contribution in [0.25, 0.3) is 0 Å². The first kappa shape index (κ1) is 18.7. The summed E-state index contributed by atoms with van der Waals surface area (Å²) in [7, 11) is -3.95. The summed E-state index contributed by atoms with van der Waals surface area (Å²) < 4.78 is 30.1. The fraction of sp³-hybridized carbons (Fsp3) is 1.00. The first-order valence-corrected chi connectivity index (χ1v) is 5.07. The maximum atomic E-state index is 10.0. The summed E-state index contributed by atoms with van der Waals surface area (Å²) >= 11 is 0. The van der Waals surface area contributed by atoms with E-state index in [2.05, 4.69) is 0 Å². The Kier molecular flexibility index (Phi) is 15.7. The molecule has 0 saturated heterocycles. The van der Waals surface area contributed by atoms with E-state index in [0.717, 1.165) is 19.3 Å². The zero-order valence-electron chi connectivity index (χ0n) is 7.25. The van der Waals surface area contributed by atoms with Gasteiger partial charge in [0.05, 0.1) is 10.1 Å². The Bertz CT molecular complexity index is 170. The molecule has 0 amide bonds. The predicted octanol–water partition coefficient (Wildman–Crippen LogP) is -2.26. The van der Waals surface area contributed by atoms with Crippen LogP contribution in [0.1, 0.15) is 32.6 Å². The largest absolute Gasteiger partial charge is 2.00 e. The van der Waals surface area contributed by atoms with Gasteiger partial charge < -0.3 is 17.0 Å². The van der Waals surface area contributed by atoms with Crippen molar-refractivity contribution in [1.29, 1.82) is 0 Å². The van der Waals surface area contributed by atoms with Gasteiger partial charge in [0.1, 0.15) is 0 Å². The standard InChI is InChI=1S/C6H14O3S.ClH.Mg/c1-2-3-4-5-6-10(7,8)9;;/h2-6H2,1H3,(H,7,8,9);1H;/q;;+2/p-2. The fourth-order valence-corrected chi connectivity index (χ4v) is 1.26. The van der Waals surface area contributed by atoms with Gasteiger partial charge in [0.15, 0.2) is 0 Å². The van der Waals surface area contributed by atoms with Crippen LogP contribution in [0.15, 0.2) is 0 Å². The van der Waals surface area contributed by atoms with Crippen LogP contribution in [-0.2, 0) is 10.1 Å². The second-order valence-corrected chi connectivity index (χ2v) is 3.85. The predicted molar refractivity (Wildman–Crippen MR) is 44.5 cm³/mol. The van der Waals surface area contributed by atoms with Crippen molar-refractivity contribution in [1.82, 2.24) is 0 Å². The molecule has 0 aliphatic rings. The number of hydrogen-bond acceptors (Lipinski definition) is 3. The molecule has 0 radical (unpaired) electrons. The van der Waals surface area contributed by atoms with Crippen LogP contribution in [-0.4, -0.2) is 41.8 Å². The molecule has 0 aromatic carbocycles. The molecule has 3 nitrogen and oxygen atoms in total. The Labute approximate surface area is 96.6 Å². The Morgan fingerprint density at radius 3 is 2.00 bits per heavy atom. The van der Waals surface area contributed by atoms with Crippen molar-refractivity contribution >= 4 is 33.2 Å². The monoisotopic (exact) mass is 224 g/mol. The van der Waals surface area contributed by atoms with Crippen LogP contribution in [0.5, 0.6) is 0 Å². The molecule has 0 fully saturated rings. The average Bonchev–Trinajstić information content (AvgIpc) is 1.78. The molecule has 0 spiro atoms. The van der Waals surface area contributed by atoms with Gasteiger partial charge in [-0.25, -0.2) is 8.42 Å². The van der Waals surface area contributed by atoms with Gasteiger partial charge in [-0.2, -0.15) is 0 Å². The van der Waals surface area contributed by atoms with Crippen molar-refractivity contribution in [2.75, 3.05) is 5.75 Å². The fourth-order valence-electron chi connectivity index (χ4n) is 0.706. The third-order valence-electron chi connectivity index (χ3n) is 1.25. The molecule has 0 aliphatic heterocycles. The maximum absolute atomic E-state index is 10.0. The quantitative estimate of drug-likeness (QED) is 0.301. The van der Waals surface area contributed by atoms with Crippen LogP contribution in [0, 0.1) is 0 Å². The molecule has 0 unspecified atom stereocenters. The summed E-state index contributed by atoms with van der Waals surface area (Å²) in [6.07, 6.45) is 3.42. The molecule has 0 aromatic heterocycles. The van der Waals surface area contributed by atoms with Crippen molar-refractivity contribution in [2.24, 2.45) is 0 Å². The van der Waals surface area contributed by atoms with Crippen LogP contribution >= 0.6 is 0 Å². The molecular weight excluding hydrogens is 212 g/mol. The van der Waals surface area contributed by atoms with Gasteiger partial charge >= 0.3 is 23.1 Å². The van der Waals surface area contributed by atoms with E-state index in [0.29, 0.717) is 6.42 Å². The summed E-state index contributed by atoms with van der Waals surface area (Å²) in [5.41, 5.74) is 0. The first-order valence-electron chi connectivity index (χ1n) is 3.50. The number of halogens is 1. The molecule has 0 rings (SSSR count). The smallest absolute Gasteiger partial charge is 1.00 e. The van der Waals surface area contributed by atoms with Crippen LogP contribution in [0.4, 0.5) is 0 Å². The first-order chi connectivity index (χ1) is 4.56. The van der Waals surface area contributed by atoms with Gasteiger partial charge in [0.25, 0.3) is 0 Å². The van der Waals surface area contributed by atoms with E-state index < -0.39 is 10.1 Å². The summed E-state index contributed by atoms with van der Waals surface area (Å²) in [5.74, 6) is -0.201. The van der Waals surface area contributed by atoms with Gasteiger partial charge in [-0.3, -0.25) is 0 Å². The molecule has 0 heterocycles. The van der Waals surface area contributed by atoms with E-state index in [1.165, 1.54) is 0 Å². The van der Waals surface area contributed by atoms with E-state index in [1.807, 2.05) is 6.92 Å². The molecule has 0 N–H and O–H groups in total. The molecule has 0 aliphatic carbocycles. The summed E-state index contributed by atoms with van der Waals surface area (Å²) in [6, 6.07) is 0. The Morgan fingerprint density at radius 2 is 1.67 bits per heavy atom. The van der Waals surface area contributed by atoms with Crippen LogP contribution in [0.3, 0.4) is 0 Å². The Hall–Kier alpha value is 0.966. The van der Waals surface area contributed by atoms with Crippen molar-refractivity contribution in [2.45, 2.75) is 32.6 Å². The molecule has 0 atom stereocenters. The minimum absolute atomic E-state index is 0. The molecule has 0 aromatic rings. The molecule has 70 valence electrons. The van der Waals surface area contributed by atoms with E-state index in [4.69, 9.17) is 0 Å². The normalized spacial score (nSPS) is 9.83. The number of hydrogen-bond donors (Lipinski definition) is 0. The summed E-state index contributed by atoms with van der Waals surface area (Å²) in [4.78, 5) is 0. The van der Waals surface area contributed by atoms with Crippen molar-refractivity contribution in [3.63, 3.8) is 0 Å². The number of unbranched alkanes of at least 4 members (excludes halogenated alkanes) is 3. The third-order valence-corrected chi connectivity index (χ3v) is 2.04. The second kappa shape index (κ2) is 10.0. The molecule has 12 heavy (non-hydrogen) atoms. The molecule has 0 bridgehead atoms. The SMILES string of the molecule is CCCCCCS(=O)(=O)[O-].[Cl-].[Mg+2]. The van der Waals surface area contributed by atoms with E-state index in [-0.39, 0.29) is 41.2 Å². The van der Waals surface area contributed by atoms with E-state index in [9.17, 15) is 13.0 Å². The van der Waals surface area contributed by atoms with Crippen molar-refractivity contribution in [3.05, 3.63) is 0 Å². The summed E-state index contributed by atoms with van der Waals surface area (Å²) in [5, 5.41) is 0. The minimum Gasteiger partial charge on any atom is -1.00 e. The van der Waals surface area contributed by atoms with Crippen molar-refractivity contribution < 1.29 is 25.4 Å². The van der Waals surface area contributed by atoms with Gasteiger partial charge in [-0.15, -0.1) is 0 Å². The third kappa shape index (κ3) is 17.2.